The third-order valence-corrected chi connectivity index (χ3v) is 7.55. The second kappa shape index (κ2) is 5.73. The molecule has 1 saturated heterocycles. The van der Waals surface area contributed by atoms with Crippen molar-refractivity contribution in [2.45, 2.75) is 35.8 Å². The summed E-state index contributed by atoms with van der Waals surface area (Å²) in [6.45, 7) is 2.39. The van der Waals surface area contributed by atoms with E-state index in [1.807, 2.05) is 11.9 Å². The Kier molecular flexibility index (Phi) is 4.11. The second-order valence-electron chi connectivity index (χ2n) is 5.88. The minimum atomic E-state index is -3.31. The summed E-state index contributed by atoms with van der Waals surface area (Å²) in [5, 5.41) is 0.428. The number of hydrogen-bond donors (Lipinski definition) is 1. The first-order valence-electron chi connectivity index (χ1n) is 7.28. The van der Waals surface area contributed by atoms with E-state index in [1.165, 1.54) is 11.5 Å². The van der Waals surface area contributed by atoms with Gasteiger partial charge in [-0.05, 0) is 43.1 Å². The lowest BCUT2D eigenvalue weighted by Gasteiger charge is -2.27. The van der Waals surface area contributed by atoms with Crippen LogP contribution < -0.4 is 10.6 Å². The van der Waals surface area contributed by atoms with Crippen LogP contribution in [0.15, 0.2) is 4.90 Å². The van der Waals surface area contributed by atoms with Gasteiger partial charge in [0, 0.05) is 26.8 Å². The van der Waals surface area contributed by atoms with Crippen molar-refractivity contribution in [1.29, 1.82) is 0 Å². The summed E-state index contributed by atoms with van der Waals surface area (Å²) in [7, 11) is -1.39. The van der Waals surface area contributed by atoms with E-state index in [2.05, 4.69) is 4.37 Å². The van der Waals surface area contributed by atoms with Crippen LogP contribution in [0.3, 0.4) is 0 Å². The fraction of sp³-hybridized carbons (Fsp3) is 0.769. The molecule has 21 heavy (non-hydrogen) atoms. The smallest absolute Gasteiger partial charge is 0.187 e. The van der Waals surface area contributed by atoms with Gasteiger partial charge in [-0.1, -0.05) is 0 Å². The molecule has 2 heterocycles. The highest BCUT2D eigenvalue weighted by atomic mass is 32.2. The lowest BCUT2D eigenvalue weighted by atomic mass is 10.00. The molecule has 0 amide bonds. The van der Waals surface area contributed by atoms with Crippen molar-refractivity contribution >= 4 is 32.2 Å². The van der Waals surface area contributed by atoms with Crippen LogP contribution in [0, 0.1) is 5.92 Å². The molecule has 1 aromatic heterocycles. The first kappa shape index (κ1) is 15.1. The minimum Gasteiger partial charge on any atom is -0.382 e. The number of nitrogens with two attached hydrogens (primary N) is 1. The summed E-state index contributed by atoms with van der Waals surface area (Å²) in [5.41, 5.74) is 5.84. The second-order valence-corrected chi connectivity index (χ2v) is 8.80. The van der Waals surface area contributed by atoms with Gasteiger partial charge in [0.1, 0.15) is 9.90 Å². The Bertz CT molecular complexity index is 604. The molecular formula is C13H21N3O3S2. The molecule has 2 fully saturated rings. The number of rotatable bonds is 5. The molecule has 1 aliphatic carbocycles. The first-order chi connectivity index (χ1) is 10.00. The maximum Gasteiger partial charge on any atom is 0.187 e. The number of ether oxygens (including phenoxy) is 1. The van der Waals surface area contributed by atoms with Gasteiger partial charge < -0.3 is 15.4 Å². The van der Waals surface area contributed by atoms with Crippen LogP contribution in [-0.2, 0) is 14.6 Å². The summed E-state index contributed by atoms with van der Waals surface area (Å²) < 4.78 is 34.5. The highest BCUT2D eigenvalue weighted by Gasteiger charge is 2.41. The summed E-state index contributed by atoms with van der Waals surface area (Å²) >= 11 is 1.19. The van der Waals surface area contributed by atoms with Gasteiger partial charge in [-0.2, -0.15) is 4.37 Å². The Morgan fingerprint density at radius 3 is 2.62 bits per heavy atom. The highest BCUT2D eigenvalue weighted by molar-refractivity contribution is 7.92. The highest BCUT2D eigenvalue weighted by Crippen LogP contribution is 2.42. The molecule has 118 valence electrons. The van der Waals surface area contributed by atoms with Crippen LogP contribution in [0.2, 0.25) is 0 Å². The molecule has 0 spiro atoms. The first-order valence-corrected chi connectivity index (χ1v) is 9.60. The third-order valence-electron chi connectivity index (χ3n) is 4.12. The van der Waals surface area contributed by atoms with E-state index >= 15 is 0 Å². The van der Waals surface area contributed by atoms with E-state index in [-0.39, 0.29) is 16.0 Å². The molecule has 1 aromatic rings. The lowest BCUT2D eigenvalue weighted by molar-refractivity contribution is 0.0685. The Balaban J connectivity index is 1.81. The number of nitrogens with zero attached hydrogens (tertiary/aromatic N) is 2. The van der Waals surface area contributed by atoms with E-state index in [0.29, 0.717) is 10.9 Å². The largest absolute Gasteiger partial charge is 0.382 e. The SMILES string of the molecule is CN(CC1CCOCC1)c1snc(N)c1S(=O)(=O)C1CC1. The quantitative estimate of drug-likeness (QED) is 0.880. The average Bonchev–Trinajstić information content (AvgIpc) is 3.23. The van der Waals surface area contributed by atoms with Gasteiger partial charge in [0.25, 0.3) is 0 Å². The molecule has 8 heteroatoms. The molecule has 1 saturated carbocycles. The standard InChI is InChI=1S/C13H21N3O3S2/c1-16(8-9-4-6-19-7-5-9)13-11(12(14)15-20-13)21(17,18)10-2-3-10/h9-10H,2-8H2,1H3,(H2,14,15). The molecule has 3 rings (SSSR count). The van der Waals surface area contributed by atoms with Gasteiger partial charge in [0.15, 0.2) is 15.7 Å². The maximum atomic E-state index is 12.5. The number of nitrogen functional groups attached to an aromatic ring is 1. The maximum absolute atomic E-state index is 12.5. The molecule has 1 aliphatic heterocycles. The van der Waals surface area contributed by atoms with E-state index in [1.54, 1.807) is 0 Å². The molecule has 2 N–H and O–H groups in total. The molecule has 0 radical (unpaired) electrons. The summed E-state index contributed by atoms with van der Waals surface area (Å²) in [6, 6.07) is 0. The molecule has 2 aliphatic rings. The molecular weight excluding hydrogens is 310 g/mol. The topological polar surface area (TPSA) is 85.5 Å². The number of hydrogen-bond acceptors (Lipinski definition) is 7. The van der Waals surface area contributed by atoms with Crippen molar-refractivity contribution in [3.05, 3.63) is 0 Å². The zero-order valence-corrected chi connectivity index (χ0v) is 13.8. The normalized spacial score (nSPS) is 20.6. The number of aromatic nitrogens is 1. The minimum absolute atomic E-state index is 0.153. The van der Waals surface area contributed by atoms with Crippen LogP contribution in [0.4, 0.5) is 10.8 Å². The van der Waals surface area contributed by atoms with Gasteiger partial charge in [-0.3, -0.25) is 0 Å². The third kappa shape index (κ3) is 3.02. The fourth-order valence-corrected chi connectivity index (χ4v) is 5.76. The van der Waals surface area contributed by atoms with Crippen molar-refractivity contribution in [2.24, 2.45) is 5.92 Å². The average molecular weight is 331 g/mol. The predicted octanol–water partition coefficient (Wildman–Crippen LogP) is 1.52. The summed E-state index contributed by atoms with van der Waals surface area (Å²) in [4.78, 5) is 2.25. The van der Waals surface area contributed by atoms with Crippen LogP contribution >= 0.6 is 11.5 Å². The van der Waals surface area contributed by atoms with Crippen LogP contribution in [0.5, 0.6) is 0 Å². The van der Waals surface area contributed by atoms with Crippen LogP contribution in [0.1, 0.15) is 25.7 Å². The van der Waals surface area contributed by atoms with Gasteiger partial charge in [-0.25, -0.2) is 8.42 Å². The Morgan fingerprint density at radius 2 is 2.00 bits per heavy atom. The molecule has 0 aromatic carbocycles. The van der Waals surface area contributed by atoms with Crippen molar-refractivity contribution < 1.29 is 13.2 Å². The number of anilines is 2. The van der Waals surface area contributed by atoms with Crippen molar-refractivity contribution in [2.75, 3.05) is 37.4 Å². The van der Waals surface area contributed by atoms with E-state index < -0.39 is 9.84 Å². The van der Waals surface area contributed by atoms with Crippen LogP contribution in [0.25, 0.3) is 0 Å². The van der Waals surface area contributed by atoms with E-state index in [0.717, 1.165) is 45.4 Å². The Hall–Kier alpha value is -0.860. The molecule has 0 bridgehead atoms. The Morgan fingerprint density at radius 1 is 1.33 bits per heavy atom. The predicted molar refractivity (Wildman–Crippen MR) is 83.5 cm³/mol. The van der Waals surface area contributed by atoms with Gasteiger partial charge in [-0.15, -0.1) is 0 Å². The monoisotopic (exact) mass is 331 g/mol. The Labute approximate surface area is 129 Å². The van der Waals surface area contributed by atoms with Gasteiger partial charge in [0.2, 0.25) is 0 Å². The number of sulfone groups is 1. The summed E-state index contributed by atoms with van der Waals surface area (Å²) in [5.74, 6) is 0.685. The zero-order valence-electron chi connectivity index (χ0n) is 12.1. The molecule has 0 atom stereocenters. The molecule has 6 nitrogen and oxygen atoms in total. The van der Waals surface area contributed by atoms with E-state index in [4.69, 9.17) is 10.5 Å². The van der Waals surface area contributed by atoms with Crippen molar-refractivity contribution in [1.82, 2.24) is 4.37 Å². The van der Waals surface area contributed by atoms with Crippen molar-refractivity contribution in [3.8, 4) is 0 Å². The summed E-state index contributed by atoms with van der Waals surface area (Å²) in [6.07, 6.45) is 3.51. The van der Waals surface area contributed by atoms with Gasteiger partial charge >= 0.3 is 0 Å². The molecule has 0 unspecified atom stereocenters. The van der Waals surface area contributed by atoms with Crippen molar-refractivity contribution in [3.63, 3.8) is 0 Å². The lowest BCUT2D eigenvalue weighted by Crippen LogP contribution is -2.30. The van der Waals surface area contributed by atoms with Crippen LogP contribution in [-0.4, -0.2) is 44.8 Å². The fourth-order valence-electron chi connectivity index (χ4n) is 2.74. The zero-order chi connectivity index (χ0) is 15.0. The van der Waals surface area contributed by atoms with E-state index in [9.17, 15) is 8.42 Å². The van der Waals surface area contributed by atoms with Gasteiger partial charge in [0.05, 0.1) is 5.25 Å².